The van der Waals surface area contributed by atoms with Crippen LogP contribution in [-0.4, -0.2) is 38.9 Å². The number of benzene rings is 1. The van der Waals surface area contributed by atoms with E-state index in [1.807, 2.05) is 6.07 Å². The number of anilines is 1. The van der Waals surface area contributed by atoms with Crippen LogP contribution in [0.5, 0.6) is 0 Å². The fraction of sp³-hybridized carbons (Fsp3) is 0.353. The number of nitrogens with two attached hydrogens (primary N) is 1. The second-order valence-corrected chi connectivity index (χ2v) is 6.40. The maximum Gasteiger partial charge on any atom is 0.315 e. The zero-order chi connectivity index (χ0) is 19.0. The Bertz CT molecular complexity index is 924. The van der Waals surface area contributed by atoms with Gasteiger partial charge < -0.3 is 20.4 Å². The molecule has 140 valence electrons. The number of aromatic nitrogens is 2. The molecule has 10 nitrogen and oxygen atoms in total. The lowest BCUT2D eigenvalue weighted by atomic mass is 10.0. The van der Waals surface area contributed by atoms with Gasteiger partial charge in [0.2, 0.25) is 17.7 Å². The van der Waals surface area contributed by atoms with Crippen LogP contribution >= 0.6 is 0 Å². The third-order valence-corrected chi connectivity index (χ3v) is 4.75. The summed E-state index contributed by atoms with van der Waals surface area (Å²) in [7, 11) is 0. The number of carbonyl (C=O) groups excluding carboxylic acids is 3. The number of nitrogens with one attached hydrogen (secondary N) is 2. The highest BCUT2D eigenvalue weighted by Crippen LogP contribution is 2.30. The predicted molar refractivity (Wildman–Crippen MR) is 92.0 cm³/mol. The Morgan fingerprint density at radius 2 is 2.15 bits per heavy atom. The van der Waals surface area contributed by atoms with Crippen LogP contribution in [0, 0.1) is 0 Å². The Morgan fingerprint density at radius 1 is 1.30 bits per heavy atom. The second kappa shape index (κ2) is 6.80. The fourth-order valence-corrected chi connectivity index (χ4v) is 3.39. The molecule has 0 spiro atoms. The van der Waals surface area contributed by atoms with E-state index in [0.29, 0.717) is 31.0 Å². The maximum absolute atomic E-state index is 12.8. The molecule has 3 amide bonds. The molecule has 27 heavy (non-hydrogen) atoms. The van der Waals surface area contributed by atoms with Crippen LogP contribution in [0.4, 0.5) is 6.01 Å². The molecule has 3 heterocycles. The van der Waals surface area contributed by atoms with E-state index in [-0.39, 0.29) is 30.8 Å². The molecule has 10 heteroatoms. The molecule has 2 aromatic rings. The highest BCUT2D eigenvalue weighted by Gasteiger charge is 2.39. The summed E-state index contributed by atoms with van der Waals surface area (Å²) >= 11 is 0. The van der Waals surface area contributed by atoms with Crippen molar-refractivity contribution in [3.05, 3.63) is 40.8 Å². The molecule has 1 fully saturated rings. The summed E-state index contributed by atoms with van der Waals surface area (Å²) in [4.78, 5) is 37.8. The number of nitrogens with zero attached hydrogens (tertiary/aromatic N) is 3. The molecule has 1 unspecified atom stereocenters. The van der Waals surface area contributed by atoms with Crippen LogP contribution in [0.2, 0.25) is 0 Å². The van der Waals surface area contributed by atoms with E-state index in [4.69, 9.17) is 10.2 Å². The Hall–Kier alpha value is -3.27. The van der Waals surface area contributed by atoms with Crippen molar-refractivity contribution in [2.45, 2.75) is 38.5 Å². The molecule has 0 radical (unpaired) electrons. The Kier molecular flexibility index (Phi) is 4.32. The molecule has 0 aliphatic carbocycles. The summed E-state index contributed by atoms with van der Waals surface area (Å²) in [6.07, 6.45) is 0.563. The first kappa shape index (κ1) is 17.2. The van der Waals surface area contributed by atoms with Gasteiger partial charge in [0.1, 0.15) is 6.04 Å². The van der Waals surface area contributed by atoms with Gasteiger partial charge >= 0.3 is 6.01 Å². The number of carbonyl (C=O) groups is 3. The van der Waals surface area contributed by atoms with Crippen LogP contribution < -0.4 is 16.4 Å². The summed E-state index contributed by atoms with van der Waals surface area (Å²) in [5, 5.41) is 12.9. The standard InChI is InChI=1S/C17H18N6O4/c18-6-14-21-22-17(27-14)19-7-9-2-1-3-10-11(9)8-23(16(10)26)12-4-5-13(24)20-15(12)25/h1-3,12H,4-8,18H2,(H,19,22)(H,20,24,25). The van der Waals surface area contributed by atoms with Crippen molar-refractivity contribution in [3.63, 3.8) is 0 Å². The Labute approximate surface area is 154 Å². The summed E-state index contributed by atoms with van der Waals surface area (Å²) < 4.78 is 5.31. The third kappa shape index (κ3) is 3.14. The molecule has 4 rings (SSSR count). The molecule has 2 aliphatic rings. The van der Waals surface area contributed by atoms with E-state index in [0.717, 1.165) is 11.1 Å². The van der Waals surface area contributed by atoms with Crippen molar-refractivity contribution >= 4 is 23.7 Å². The summed E-state index contributed by atoms with van der Waals surface area (Å²) in [5.41, 5.74) is 7.74. The van der Waals surface area contributed by atoms with Crippen molar-refractivity contribution in [3.8, 4) is 0 Å². The van der Waals surface area contributed by atoms with Gasteiger partial charge in [-0.05, 0) is 23.6 Å². The first-order valence-corrected chi connectivity index (χ1v) is 8.58. The van der Waals surface area contributed by atoms with Crippen LogP contribution in [0.15, 0.2) is 22.6 Å². The molecule has 0 bridgehead atoms. The SMILES string of the molecule is NCc1nnc(NCc2cccc3c2CN(C2CCC(=O)NC2=O)C3=O)o1. The lowest BCUT2D eigenvalue weighted by Crippen LogP contribution is -2.52. The molecule has 1 aromatic heterocycles. The van der Waals surface area contributed by atoms with Gasteiger partial charge in [0, 0.05) is 25.1 Å². The highest BCUT2D eigenvalue weighted by atomic mass is 16.4. The van der Waals surface area contributed by atoms with Crippen molar-refractivity contribution < 1.29 is 18.8 Å². The maximum atomic E-state index is 12.8. The largest absolute Gasteiger partial charge is 0.407 e. The number of amides is 3. The van der Waals surface area contributed by atoms with Crippen LogP contribution in [0.3, 0.4) is 0 Å². The molecule has 2 aliphatic heterocycles. The molecule has 1 aromatic carbocycles. The minimum absolute atomic E-state index is 0.158. The lowest BCUT2D eigenvalue weighted by molar-refractivity contribution is -0.136. The summed E-state index contributed by atoms with van der Waals surface area (Å²) in [6, 6.07) is 5.05. The quantitative estimate of drug-likeness (QED) is 0.619. The molecule has 4 N–H and O–H groups in total. The second-order valence-electron chi connectivity index (χ2n) is 6.40. The molecular weight excluding hydrogens is 352 g/mol. The Morgan fingerprint density at radius 3 is 2.89 bits per heavy atom. The van der Waals surface area contributed by atoms with Gasteiger partial charge in [-0.15, -0.1) is 5.10 Å². The van der Waals surface area contributed by atoms with Gasteiger partial charge in [-0.1, -0.05) is 17.2 Å². The minimum atomic E-state index is -0.633. The van der Waals surface area contributed by atoms with E-state index >= 15 is 0 Å². The first-order valence-electron chi connectivity index (χ1n) is 8.58. The first-order chi connectivity index (χ1) is 13.1. The third-order valence-electron chi connectivity index (χ3n) is 4.75. The zero-order valence-corrected chi connectivity index (χ0v) is 14.4. The topological polar surface area (TPSA) is 143 Å². The minimum Gasteiger partial charge on any atom is -0.407 e. The molecular formula is C17H18N6O4. The van der Waals surface area contributed by atoms with Gasteiger partial charge in [0.05, 0.1) is 6.54 Å². The summed E-state index contributed by atoms with van der Waals surface area (Å²) in [6.45, 7) is 0.854. The van der Waals surface area contributed by atoms with E-state index < -0.39 is 11.9 Å². The summed E-state index contributed by atoms with van der Waals surface area (Å²) in [5.74, 6) is -0.603. The predicted octanol–water partition coefficient (Wildman–Crippen LogP) is -0.0986. The average Bonchev–Trinajstić information content (AvgIpc) is 3.25. The van der Waals surface area contributed by atoms with E-state index in [1.165, 1.54) is 4.90 Å². The average molecular weight is 370 g/mol. The van der Waals surface area contributed by atoms with Gasteiger partial charge in [-0.2, -0.15) is 0 Å². The Balaban J connectivity index is 1.52. The monoisotopic (exact) mass is 370 g/mol. The van der Waals surface area contributed by atoms with E-state index in [2.05, 4.69) is 20.8 Å². The van der Waals surface area contributed by atoms with Crippen molar-refractivity contribution in [1.29, 1.82) is 0 Å². The van der Waals surface area contributed by atoms with Crippen molar-refractivity contribution in [2.24, 2.45) is 5.73 Å². The number of fused-ring (bicyclic) bond motifs is 1. The number of piperidine rings is 1. The number of rotatable bonds is 5. The number of hydrogen-bond acceptors (Lipinski definition) is 8. The zero-order valence-electron chi connectivity index (χ0n) is 14.4. The van der Waals surface area contributed by atoms with Crippen LogP contribution in [0.25, 0.3) is 0 Å². The van der Waals surface area contributed by atoms with Crippen LogP contribution in [-0.2, 0) is 29.2 Å². The molecule has 1 atom stereocenters. The molecule has 0 saturated carbocycles. The van der Waals surface area contributed by atoms with E-state index in [1.54, 1.807) is 12.1 Å². The van der Waals surface area contributed by atoms with Gasteiger partial charge in [0.15, 0.2) is 0 Å². The van der Waals surface area contributed by atoms with Crippen molar-refractivity contribution in [1.82, 2.24) is 20.4 Å². The van der Waals surface area contributed by atoms with Crippen molar-refractivity contribution in [2.75, 3.05) is 5.32 Å². The number of hydrogen-bond donors (Lipinski definition) is 3. The van der Waals surface area contributed by atoms with E-state index in [9.17, 15) is 14.4 Å². The highest BCUT2D eigenvalue weighted by molar-refractivity contribution is 6.05. The number of imide groups is 1. The fourth-order valence-electron chi connectivity index (χ4n) is 3.39. The lowest BCUT2D eigenvalue weighted by Gasteiger charge is -2.29. The smallest absolute Gasteiger partial charge is 0.315 e. The van der Waals surface area contributed by atoms with Crippen LogP contribution in [0.1, 0.15) is 40.2 Å². The van der Waals surface area contributed by atoms with Gasteiger partial charge in [-0.3, -0.25) is 19.7 Å². The van der Waals surface area contributed by atoms with Gasteiger partial charge in [0.25, 0.3) is 5.91 Å². The van der Waals surface area contributed by atoms with Gasteiger partial charge in [-0.25, -0.2) is 0 Å². The normalized spacial score (nSPS) is 19.2. The molecule has 1 saturated heterocycles.